The summed E-state index contributed by atoms with van der Waals surface area (Å²) >= 11 is 0. The highest BCUT2D eigenvalue weighted by atomic mass is 16.5. The van der Waals surface area contributed by atoms with Gasteiger partial charge < -0.3 is 10.5 Å². The van der Waals surface area contributed by atoms with Crippen LogP contribution in [0.5, 0.6) is 5.88 Å². The summed E-state index contributed by atoms with van der Waals surface area (Å²) in [5.41, 5.74) is 5.36. The molecule has 2 rings (SSSR count). The van der Waals surface area contributed by atoms with Crippen molar-refractivity contribution in [1.82, 2.24) is 9.78 Å². The summed E-state index contributed by atoms with van der Waals surface area (Å²) in [6, 6.07) is 1.58. The van der Waals surface area contributed by atoms with E-state index in [0.717, 1.165) is 13.0 Å². The van der Waals surface area contributed by atoms with E-state index in [1.54, 1.807) is 10.7 Å². The summed E-state index contributed by atoms with van der Waals surface area (Å²) in [6.45, 7) is 2.77. The van der Waals surface area contributed by atoms with Gasteiger partial charge in [0.1, 0.15) is 0 Å². The van der Waals surface area contributed by atoms with Crippen molar-refractivity contribution in [3.8, 4) is 5.88 Å². The molecule has 13 heavy (non-hydrogen) atoms. The molecule has 0 saturated heterocycles. The van der Waals surface area contributed by atoms with Gasteiger partial charge in [0.25, 0.3) is 5.91 Å². The van der Waals surface area contributed by atoms with E-state index in [-0.39, 0.29) is 11.8 Å². The fourth-order valence-electron chi connectivity index (χ4n) is 1.34. The van der Waals surface area contributed by atoms with Crippen molar-refractivity contribution in [2.45, 2.75) is 26.0 Å². The van der Waals surface area contributed by atoms with Gasteiger partial charge in [-0.1, -0.05) is 0 Å². The van der Waals surface area contributed by atoms with Crippen molar-refractivity contribution in [2.24, 2.45) is 5.73 Å². The number of amides is 1. The Balaban J connectivity index is 2.33. The van der Waals surface area contributed by atoms with Gasteiger partial charge in [0.2, 0.25) is 5.88 Å². The van der Waals surface area contributed by atoms with E-state index < -0.39 is 5.91 Å². The molecule has 1 aromatic rings. The number of rotatable bonds is 1. The minimum Gasteiger partial charge on any atom is -0.475 e. The predicted molar refractivity (Wildman–Crippen MR) is 45.5 cm³/mol. The predicted octanol–water partition coefficient (Wildman–Crippen LogP) is 0.153. The second-order valence-corrected chi connectivity index (χ2v) is 3.17. The number of carbonyl (C=O) groups excluding carboxylic acids is 1. The first-order chi connectivity index (χ1) is 6.16. The first kappa shape index (κ1) is 8.10. The Labute approximate surface area is 75.5 Å². The number of fused-ring (bicyclic) bond motifs is 1. The van der Waals surface area contributed by atoms with Gasteiger partial charge in [-0.15, -0.1) is 0 Å². The van der Waals surface area contributed by atoms with Crippen LogP contribution in [0.4, 0.5) is 0 Å². The third-order valence-corrected chi connectivity index (χ3v) is 2.06. The van der Waals surface area contributed by atoms with E-state index in [0.29, 0.717) is 5.88 Å². The number of ether oxygens (including phenoxy) is 1. The number of carbonyl (C=O) groups is 1. The molecule has 0 aromatic carbocycles. The Morgan fingerprint density at radius 2 is 2.62 bits per heavy atom. The van der Waals surface area contributed by atoms with E-state index in [4.69, 9.17) is 10.5 Å². The van der Waals surface area contributed by atoms with Crippen LogP contribution in [-0.4, -0.2) is 21.8 Å². The molecule has 1 atom stereocenters. The van der Waals surface area contributed by atoms with Crippen LogP contribution in [0.3, 0.4) is 0 Å². The van der Waals surface area contributed by atoms with Crippen LogP contribution in [0, 0.1) is 0 Å². The van der Waals surface area contributed by atoms with Gasteiger partial charge in [-0.25, -0.2) is 4.68 Å². The topological polar surface area (TPSA) is 70.1 Å². The standard InChI is InChI=1S/C8H11N3O2/c1-5-2-3-11-7(13-5)4-6(10-11)8(9)12/h4-5H,2-3H2,1H3,(H2,9,12). The Morgan fingerprint density at radius 1 is 1.85 bits per heavy atom. The van der Waals surface area contributed by atoms with Crippen LogP contribution in [-0.2, 0) is 6.54 Å². The van der Waals surface area contributed by atoms with Crippen molar-refractivity contribution < 1.29 is 9.53 Å². The van der Waals surface area contributed by atoms with Gasteiger partial charge in [-0.2, -0.15) is 5.10 Å². The van der Waals surface area contributed by atoms with Gasteiger partial charge in [0, 0.05) is 19.0 Å². The van der Waals surface area contributed by atoms with E-state index in [2.05, 4.69) is 5.10 Å². The van der Waals surface area contributed by atoms with Crippen LogP contribution < -0.4 is 10.5 Å². The Bertz CT molecular complexity index is 345. The van der Waals surface area contributed by atoms with Gasteiger partial charge in [-0.3, -0.25) is 4.79 Å². The van der Waals surface area contributed by atoms with Crippen LogP contribution in [0.2, 0.25) is 0 Å². The third kappa shape index (κ3) is 1.37. The number of aryl methyl sites for hydroxylation is 1. The van der Waals surface area contributed by atoms with Crippen LogP contribution in [0.25, 0.3) is 0 Å². The van der Waals surface area contributed by atoms with Crippen molar-refractivity contribution in [1.29, 1.82) is 0 Å². The summed E-state index contributed by atoms with van der Waals surface area (Å²) in [4.78, 5) is 10.8. The average Bonchev–Trinajstić information content (AvgIpc) is 2.46. The average molecular weight is 181 g/mol. The third-order valence-electron chi connectivity index (χ3n) is 2.06. The van der Waals surface area contributed by atoms with Crippen molar-refractivity contribution >= 4 is 5.91 Å². The number of hydrogen-bond donors (Lipinski definition) is 1. The second kappa shape index (κ2) is 2.76. The highest BCUT2D eigenvalue weighted by Crippen LogP contribution is 2.21. The normalized spacial score (nSPS) is 20.5. The minimum atomic E-state index is -0.516. The number of aromatic nitrogens is 2. The molecular formula is C8H11N3O2. The minimum absolute atomic E-state index is 0.185. The van der Waals surface area contributed by atoms with Crippen molar-refractivity contribution in [3.63, 3.8) is 0 Å². The maximum Gasteiger partial charge on any atom is 0.269 e. The maximum absolute atomic E-state index is 10.8. The van der Waals surface area contributed by atoms with Crippen molar-refractivity contribution in [3.05, 3.63) is 11.8 Å². The summed E-state index contributed by atoms with van der Waals surface area (Å²) in [6.07, 6.45) is 1.09. The number of hydrogen-bond acceptors (Lipinski definition) is 3. The van der Waals surface area contributed by atoms with Crippen LogP contribution in [0.15, 0.2) is 6.07 Å². The number of nitrogens with zero attached hydrogens (tertiary/aromatic N) is 2. The molecule has 1 unspecified atom stereocenters. The summed E-state index contributed by atoms with van der Waals surface area (Å²) < 4.78 is 7.12. The Kier molecular flexibility index (Phi) is 1.72. The highest BCUT2D eigenvalue weighted by molar-refractivity contribution is 5.91. The molecule has 0 radical (unpaired) electrons. The fourth-order valence-corrected chi connectivity index (χ4v) is 1.34. The van der Waals surface area contributed by atoms with Crippen LogP contribution >= 0.6 is 0 Å². The van der Waals surface area contributed by atoms with Gasteiger partial charge in [-0.05, 0) is 6.92 Å². The monoisotopic (exact) mass is 181 g/mol. The van der Waals surface area contributed by atoms with E-state index in [1.165, 1.54) is 0 Å². The zero-order valence-electron chi connectivity index (χ0n) is 7.36. The molecule has 2 N–H and O–H groups in total. The molecule has 1 aliphatic rings. The highest BCUT2D eigenvalue weighted by Gasteiger charge is 2.19. The lowest BCUT2D eigenvalue weighted by Crippen LogP contribution is -2.23. The molecule has 70 valence electrons. The smallest absolute Gasteiger partial charge is 0.269 e. The molecule has 0 bridgehead atoms. The first-order valence-electron chi connectivity index (χ1n) is 4.21. The van der Waals surface area contributed by atoms with Gasteiger partial charge >= 0.3 is 0 Å². The summed E-state index contributed by atoms with van der Waals surface area (Å²) in [5.74, 6) is 0.116. The summed E-state index contributed by atoms with van der Waals surface area (Å²) in [5, 5.41) is 4.00. The van der Waals surface area contributed by atoms with E-state index in [1.807, 2.05) is 6.92 Å². The Morgan fingerprint density at radius 3 is 3.31 bits per heavy atom. The molecule has 1 amide bonds. The molecule has 2 heterocycles. The zero-order chi connectivity index (χ0) is 9.42. The molecule has 0 saturated carbocycles. The molecule has 0 aliphatic carbocycles. The molecular weight excluding hydrogens is 170 g/mol. The molecule has 0 spiro atoms. The lowest BCUT2D eigenvalue weighted by atomic mass is 10.2. The lowest BCUT2D eigenvalue weighted by molar-refractivity contribution is 0.0994. The molecule has 1 aliphatic heterocycles. The zero-order valence-corrected chi connectivity index (χ0v) is 7.36. The Hall–Kier alpha value is -1.52. The van der Waals surface area contributed by atoms with Gasteiger partial charge in [0.15, 0.2) is 5.69 Å². The number of primary amides is 1. The SMILES string of the molecule is CC1CCn2nc(C(N)=O)cc2O1. The molecule has 0 fully saturated rings. The van der Waals surface area contributed by atoms with E-state index >= 15 is 0 Å². The fraction of sp³-hybridized carbons (Fsp3) is 0.500. The maximum atomic E-state index is 10.8. The number of nitrogens with two attached hydrogens (primary N) is 1. The molecule has 5 heteroatoms. The largest absolute Gasteiger partial charge is 0.475 e. The quantitative estimate of drug-likeness (QED) is 0.670. The second-order valence-electron chi connectivity index (χ2n) is 3.17. The summed E-state index contributed by atoms with van der Waals surface area (Å²) in [7, 11) is 0. The lowest BCUT2D eigenvalue weighted by Gasteiger charge is -2.20. The van der Waals surface area contributed by atoms with Crippen molar-refractivity contribution in [2.75, 3.05) is 0 Å². The van der Waals surface area contributed by atoms with E-state index in [9.17, 15) is 4.79 Å². The molecule has 5 nitrogen and oxygen atoms in total. The molecule has 1 aromatic heterocycles. The van der Waals surface area contributed by atoms with Gasteiger partial charge in [0.05, 0.1) is 6.10 Å². The first-order valence-corrected chi connectivity index (χ1v) is 4.21. The van der Waals surface area contributed by atoms with Crippen LogP contribution in [0.1, 0.15) is 23.8 Å².